The number of carbonyl (C=O) groups is 1. The van der Waals surface area contributed by atoms with Gasteiger partial charge in [0.2, 0.25) is 0 Å². The summed E-state index contributed by atoms with van der Waals surface area (Å²) in [5, 5.41) is 3.99. The van der Waals surface area contributed by atoms with E-state index in [-0.39, 0.29) is 5.97 Å². The van der Waals surface area contributed by atoms with E-state index in [1.165, 1.54) is 0 Å². The van der Waals surface area contributed by atoms with E-state index >= 15 is 0 Å². The SMILES string of the molecule is CCOC(=O)c1cnc2ccc(N(C)C)cc2c1NC. The Hall–Kier alpha value is -2.30. The monoisotopic (exact) mass is 273 g/mol. The summed E-state index contributed by atoms with van der Waals surface area (Å²) in [7, 11) is 5.74. The third kappa shape index (κ3) is 2.52. The van der Waals surface area contributed by atoms with Gasteiger partial charge in [0, 0.05) is 38.4 Å². The highest BCUT2D eigenvalue weighted by Crippen LogP contribution is 2.29. The highest BCUT2D eigenvalue weighted by atomic mass is 16.5. The first-order chi connectivity index (χ1) is 9.58. The molecule has 0 amide bonds. The van der Waals surface area contributed by atoms with Crippen molar-refractivity contribution < 1.29 is 9.53 Å². The van der Waals surface area contributed by atoms with Crippen LogP contribution in [0.15, 0.2) is 24.4 Å². The van der Waals surface area contributed by atoms with Gasteiger partial charge in [-0.05, 0) is 25.1 Å². The number of anilines is 2. The number of fused-ring (bicyclic) bond motifs is 1. The lowest BCUT2D eigenvalue weighted by molar-refractivity contribution is 0.0527. The van der Waals surface area contributed by atoms with Gasteiger partial charge >= 0.3 is 5.97 Å². The molecule has 0 fully saturated rings. The maximum atomic E-state index is 12.0. The predicted molar refractivity (Wildman–Crippen MR) is 81.6 cm³/mol. The third-order valence-electron chi connectivity index (χ3n) is 3.11. The number of ether oxygens (including phenoxy) is 1. The van der Waals surface area contributed by atoms with Gasteiger partial charge in [0.1, 0.15) is 5.56 Å². The first-order valence-corrected chi connectivity index (χ1v) is 6.53. The van der Waals surface area contributed by atoms with Crippen molar-refractivity contribution in [1.29, 1.82) is 0 Å². The van der Waals surface area contributed by atoms with E-state index < -0.39 is 0 Å². The molecule has 0 aliphatic carbocycles. The molecule has 1 aromatic carbocycles. The first-order valence-electron chi connectivity index (χ1n) is 6.53. The average Bonchev–Trinajstić information content (AvgIpc) is 2.45. The zero-order valence-corrected chi connectivity index (χ0v) is 12.2. The number of esters is 1. The fraction of sp³-hybridized carbons (Fsp3) is 0.333. The van der Waals surface area contributed by atoms with Crippen LogP contribution < -0.4 is 10.2 Å². The number of hydrogen-bond donors (Lipinski definition) is 1. The van der Waals surface area contributed by atoms with E-state index in [0.717, 1.165) is 22.3 Å². The lowest BCUT2D eigenvalue weighted by atomic mass is 10.1. The molecule has 2 aromatic rings. The molecule has 5 nitrogen and oxygen atoms in total. The normalized spacial score (nSPS) is 10.4. The van der Waals surface area contributed by atoms with Gasteiger partial charge in [-0.15, -0.1) is 0 Å². The van der Waals surface area contributed by atoms with E-state index in [1.807, 2.05) is 37.2 Å². The molecule has 1 heterocycles. The van der Waals surface area contributed by atoms with E-state index in [1.54, 1.807) is 20.2 Å². The molecule has 0 atom stereocenters. The quantitative estimate of drug-likeness (QED) is 0.867. The Kier molecular flexibility index (Phi) is 4.08. The lowest BCUT2D eigenvalue weighted by Crippen LogP contribution is -2.11. The molecule has 0 bridgehead atoms. The van der Waals surface area contributed by atoms with Gasteiger partial charge in [-0.2, -0.15) is 0 Å². The molecule has 5 heteroatoms. The molecule has 0 saturated carbocycles. The number of hydrogen-bond acceptors (Lipinski definition) is 5. The van der Waals surface area contributed by atoms with Crippen LogP contribution in [-0.2, 0) is 4.74 Å². The van der Waals surface area contributed by atoms with Gasteiger partial charge < -0.3 is 15.0 Å². The first kappa shape index (κ1) is 14.1. The van der Waals surface area contributed by atoms with Gasteiger partial charge in [-0.25, -0.2) is 4.79 Å². The number of rotatable bonds is 4. The number of carbonyl (C=O) groups excluding carboxylic acids is 1. The predicted octanol–water partition coefficient (Wildman–Crippen LogP) is 2.52. The summed E-state index contributed by atoms with van der Waals surface area (Å²) in [5.74, 6) is -0.360. The van der Waals surface area contributed by atoms with Crippen molar-refractivity contribution in [3.63, 3.8) is 0 Å². The molecular formula is C15H19N3O2. The molecule has 20 heavy (non-hydrogen) atoms. The van der Waals surface area contributed by atoms with Crippen LogP contribution in [0.3, 0.4) is 0 Å². The second kappa shape index (κ2) is 5.77. The minimum absolute atomic E-state index is 0.345. The van der Waals surface area contributed by atoms with Crippen LogP contribution in [0.25, 0.3) is 10.9 Å². The van der Waals surface area contributed by atoms with Crippen LogP contribution in [0.5, 0.6) is 0 Å². The number of benzene rings is 1. The zero-order chi connectivity index (χ0) is 14.7. The number of nitrogens with one attached hydrogen (secondary N) is 1. The lowest BCUT2D eigenvalue weighted by Gasteiger charge is -2.15. The van der Waals surface area contributed by atoms with Gasteiger partial charge in [0.25, 0.3) is 0 Å². The van der Waals surface area contributed by atoms with Crippen molar-refractivity contribution in [2.75, 3.05) is 38.0 Å². The minimum atomic E-state index is -0.360. The molecular weight excluding hydrogens is 254 g/mol. The van der Waals surface area contributed by atoms with E-state index in [4.69, 9.17) is 4.74 Å². The van der Waals surface area contributed by atoms with E-state index in [9.17, 15) is 4.79 Å². The second-order valence-electron chi connectivity index (χ2n) is 4.61. The Labute approximate surface area is 118 Å². The summed E-state index contributed by atoms with van der Waals surface area (Å²) in [4.78, 5) is 18.3. The average molecular weight is 273 g/mol. The van der Waals surface area contributed by atoms with Crippen LogP contribution in [0.1, 0.15) is 17.3 Å². The van der Waals surface area contributed by atoms with E-state index in [0.29, 0.717) is 12.2 Å². The maximum absolute atomic E-state index is 12.0. The Balaban J connectivity index is 2.64. The smallest absolute Gasteiger partial charge is 0.341 e. The standard InChI is InChI=1S/C15H19N3O2/c1-5-20-15(19)12-9-17-13-7-6-10(18(3)4)8-11(13)14(12)16-2/h6-9H,5H2,1-4H3,(H,16,17). The number of pyridine rings is 1. The van der Waals surface area contributed by atoms with Crippen LogP contribution in [-0.4, -0.2) is 38.7 Å². The topological polar surface area (TPSA) is 54.5 Å². The molecule has 0 aliphatic heterocycles. The highest BCUT2D eigenvalue weighted by molar-refractivity contribution is 6.05. The molecule has 0 unspecified atom stereocenters. The highest BCUT2D eigenvalue weighted by Gasteiger charge is 2.16. The zero-order valence-electron chi connectivity index (χ0n) is 12.2. The van der Waals surface area contributed by atoms with Crippen LogP contribution in [0, 0.1) is 0 Å². The molecule has 2 rings (SSSR count). The molecule has 106 valence electrons. The molecule has 0 saturated heterocycles. The number of aromatic nitrogens is 1. The maximum Gasteiger partial charge on any atom is 0.341 e. The summed E-state index contributed by atoms with van der Waals surface area (Å²) in [6, 6.07) is 5.95. The fourth-order valence-electron chi connectivity index (χ4n) is 2.09. The third-order valence-corrected chi connectivity index (χ3v) is 3.11. The molecule has 1 aromatic heterocycles. The van der Waals surface area contributed by atoms with Crippen molar-refractivity contribution in [3.05, 3.63) is 30.0 Å². The van der Waals surface area contributed by atoms with Crippen molar-refractivity contribution in [2.24, 2.45) is 0 Å². The van der Waals surface area contributed by atoms with E-state index in [2.05, 4.69) is 10.3 Å². The largest absolute Gasteiger partial charge is 0.462 e. The number of nitrogens with zero attached hydrogens (tertiary/aromatic N) is 2. The van der Waals surface area contributed by atoms with Gasteiger partial charge in [-0.3, -0.25) is 4.98 Å². The second-order valence-corrected chi connectivity index (χ2v) is 4.61. The Morgan fingerprint density at radius 3 is 2.75 bits per heavy atom. The minimum Gasteiger partial charge on any atom is -0.462 e. The van der Waals surface area contributed by atoms with Gasteiger partial charge in [-0.1, -0.05) is 0 Å². The Morgan fingerprint density at radius 1 is 1.40 bits per heavy atom. The Bertz CT molecular complexity index is 638. The molecule has 0 spiro atoms. The molecule has 1 N–H and O–H groups in total. The van der Waals surface area contributed by atoms with Gasteiger partial charge in [0.05, 0.1) is 17.8 Å². The van der Waals surface area contributed by atoms with Crippen molar-refractivity contribution >= 4 is 28.2 Å². The fourth-order valence-corrected chi connectivity index (χ4v) is 2.09. The summed E-state index contributed by atoms with van der Waals surface area (Å²) < 4.78 is 5.07. The summed E-state index contributed by atoms with van der Waals surface area (Å²) in [5.41, 5.74) is 3.10. The summed E-state index contributed by atoms with van der Waals surface area (Å²) >= 11 is 0. The Morgan fingerprint density at radius 2 is 2.15 bits per heavy atom. The summed E-state index contributed by atoms with van der Waals surface area (Å²) in [6.45, 7) is 2.13. The molecule has 0 aliphatic rings. The van der Waals surface area contributed by atoms with Crippen molar-refractivity contribution in [1.82, 2.24) is 4.98 Å². The summed E-state index contributed by atoms with van der Waals surface area (Å²) in [6.07, 6.45) is 1.56. The van der Waals surface area contributed by atoms with Gasteiger partial charge in [0.15, 0.2) is 0 Å². The van der Waals surface area contributed by atoms with Crippen molar-refractivity contribution in [3.8, 4) is 0 Å². The van der Waals surface area contributed by atoms with Crippen LogP contribution in [0.4, 0.5) is 11.4 Å². The van der Waals surface area contributed by atoms with Crippen LogP contribution >= 0.6 is 0 Å². The molecule has 0 radical (unpaired) electrons. The van der Waals surface area contributed by atoms with Crippen LogP contribution in [0.2, 0.25) is 0 Å². The van der Waals surface area contributed by atoms with Crippen molar-refractivity contribution in [2.45, 2.75) is 6.92 Å².